The van der Waals surface area contributed by atoms with Crippen molar-refractivity contribution in [1.82, 2.24) is 0 Å². The molecule has 0 heterocycles. The van der Waals surface area contributed by atoms with E-state index in [0.717, 1.165) is 0 Å². The van der Waals surface area contributed by atoms with Crippen molar-refractivity contribution in [3.63, 3.8) is 0 Å². The van der Waals surface area contributed by atoms with Crippen molar-refractivity contribution in [3.05, 3.63) is 35.4 Å². The fourth-order valence-electron chi connectivity index (χ4n) is 1.03. The molecule has 0 aliphatic carbocycles. The van der Waals surface area contributed by atoms with Gasteiger partial charge in [-0.05, 0) is 12.5 Å². The van der Waals surface area contributed by atoms with Gasteiger partial charge in [-0.15, -0.1) is 0 Å². The molecule has 0 bridgehead atoms. The third-order valence-electron chi connectivity index (χ3n) is 1.70. The second-order valence-electron chi connectivity index (χ2n) is 2.94. The quantitative estimate of drug-likeness (QED) is 0.591. The van der Waals surface area contributed by atoms with Crippen LogP contribution < -0.4 is 0 Å². The fraction of sp³-hybridized carbons (Fsp3) is 0.222. The summed E-state index contributed by atoms with van der Waals surface area (Å²) >= 11 is 0. The Bertz CT molecular complexity index is 434. The number of carbonyl (C=O) groups excluding carboxylic acids is 1. The molecule has 0 atom stereocenters. The van der Waals surface area contributed by atoms with Crippen LogP contribution in [0, 0.1) is 0 Å². The Labute approximate surface area is 87.1 Å². The Kier molecular flexibility index (Phi) is 3.29. The van der Waals surface area contributed by atoms with E-state index in [1.165, 1.54) is 6.92 Å². The molecular weight excluding hydrogens is 224 g/mol. The molecular formula is C9H9ClO3S. The second-order valence-corrected chi connectivity index (χ2v) is 5.71. The summed E-state index contributed by atoms with van der Waals surface area (Å²) in [5.74, 6) is -0.266. The van der Waals surface area contributed by atoms with Crippen LogP contribution in [0.5, 0.6) is 0 Å². The highest BCUT2D eigenvalue weighted by atomic mass is 35.7. The van der Waals surface area contributed by atoms with Crippen LogP contribution in [0.3, 0.4) is 0 Å². The van der Waals surface area contributed by atoms with Gasteiger partial charge in [-0.25, -0.2) is 8.42 Å². The number of rotatable bonds is 3. The summed E-state index contributed by atoms with van der Waals surface area (Å²) < 4.78 is 21.4. The van der Waals surface area contributed by atoms with Crippen molar-refractivity contribution in [1.29, 1.82) is 0 Å². The van der Waals surface area contributed by atoms with Crippen LogP contribution in [0.25, 0.3) is 0 Å². The van der Waals surface area contributed by atoms with E-state index in [4.69, 9.17) is 10.7 Å². The highest BCUT2D eigenvalue weighted by molar-refractivity contribution is 8.13. The maximum absolute atomic E-state index is 10.9. The molecule has 5 heteroatoms. The molecule has 14 heavy (non-hydrogen) atoms. The second kappa shape index (κ2) is 4.11. The highest BCUT2D eigenvalue weighted by Gasteiger charge is 2.07. The van der Waals surface area contributed by atoms with E-state index in [2.05, 4.69) is 0 Å². The van der Waals surface area contributed by atoms with E-state index in [1.807, 2.05) is 0 Å². The van der Waals surface area contributed by atoms with Gasteiger partial charge < -0.3 is 0 Å². The predicted octanol–water partition coefficient (Wildman–Crippen LogP) is 1.96. The molecule has 0 amide bonds. The summed E-state index contributed by atoms with van der Waals surface area (Å²) in [5.41, 5.74) is 1.13. The summed E-state index contributed by atoms with van der Waals surface area (Å²) in [6, 6.07) is 6.33. The molecule has 0 saturated carbocycles. The first kappa shape index (κ1) is 11.2. The largest absolute Gasteiger partial charge is 0.295 e. The lowest BCUT2D eigenvalue weighted by Crippen LogP contribution is -1.96. The first-order chi connectivity index (χ1) is 6.38. The van der Waals surface area contributed by atoms with Gasteiger partial charge in [0.1, 0.15) is 0 Å². The zero-order valence-corrected chi connectivity index (χ0v) is 9.10. The van der Waals surface area contributed by atoms with Crippen molar-refractivity contribution >= 4 is 25.5 Å². The topological polar surface area (TPSA) is 51.2 Å². The normalized spacial score (nSPS) is 11.3. The molecule has 0 aliphatic rings. The molecule has 1 aromatic rings. The lowest BCUT2D eigenvalue weighted by Gasteiger charge is -1.99. The van der Waals surface area contributed by atoms with Gasteiger partial charge in [0.25, 0.3) is 0 Å². The number of carbonyl (C=O) groups is 1. The molecule has 0 saturated heterocycles. The number of hydrogen-bond acceptors (Lipinski definition) is 3. The monoisotopic (exact) mass is 232 g/mol. The smallest absolute Gasteiger partial charge is 0.236 e. The molecule has 3 nitrogen and oxygen atoms in total. The molecule has 1 aromatic carbocycles. The van der Waals surface area contributed by atoms with Gasteiger partial charge in [0.2, 0.25) is 9.05 Å². The highest BCUT2D eigenvalue weighted by Crippen LogP contribution is 2.11. The summed E-state index contributed by atoms with van der Waals surface area (Å²) in [6.45, 7) is 1.45. The Morgan fingerprint density at radius 2 is 1.79 bits per heavy atom. The molecule has 0 spiro atoms. The van der Waals surface area contributed by atoms with Gasteiger partial charge >= 0.3 is 0 Å². The minimum Gasteiger partial charge on any atom is -0.295 e. The number of halogens is 1. The number of benzene rings is 1. The molecule has 0 aromatic heterocycles. The van der Waals surface area contributed by atoms with Crippen LogP contribution in [-0.4, -0.2) is 14.2 Å². The zero-order valence-electron chi connectivity index (χ0n) is 7.53. The Balaban J connectivity index is 2.90. The van der Waals surface area contributed by atoms with Gasteiger partial charge in [-0.2, -0.15) is 0 Å². The number of hydrogen-bond donors (Lipinski definition) is 0. The third kappa shape index (κ3) is 3.47. The average Bonchev–Trinajstić information content (AvgIpc) is 2.02. The van der Waals surface area contributed by atoms with Crippen LogP contribution in [0.2, 0.25) is 0 Å². The van der Waals surface area contributed by atoms with Crippen molar-refractivity contribution in [3.8, 4) is 0 Å². The van der Waals surface area contributed by atoms with E-state index in [0.29, 0.717) is 11.1 Å². The Morgan fingerprint density at radius 1 is 1.29 bits per heavy atom. The Hall–Kier alpha value is -0.870. The lowest BCUT2D eigenvalue weighted by molar-refractivity contribution is 0.101. The van der Waals surface area contributed by atoms with Crippen LogP contribution in [0.1, 0.15) is 22.8 Å². The first-order valence-corrected chi connectivity index (χ1v) is 6.38. The average molecular weight is 233 g/mol. The van der Waals surface area contributed by atoms with E-state index in [1.54, 1.807) is 24.3 Å². The van der Waals surface area contributed by atoms with Crippen LogP contribution in [-0.2, 0) is 14.8 Å². The third-order valence-corrected chi connectivity index (χ3v) is 2.71. The van der Waals surface area contributed by atoms with Gasteiger partial charge in [0.15, 0.2) is 5.78 Å². The van der Waals surface area contributed by atoms with Crippen molar-refractivity contribution < 1.29 is 13.2 Å². The Morgan fingerprint density at radius 3 is 2.14 bits per heavy atom. The molecule has 76 valence electrons. The standard InChI is InChI=1S/C9H9ClO3S/c1-7(11)9-4-2-8(3-5-9)6-14(10,12)13/h2-5H,6H2,1H3. The summed E-state index contributed by atoms with van der Waals surface area (Å²) in [6.07, 6.45) is 0. The maximum Gasteiger partial charge on any atom is 0.236 e. The van der Waals surface area contributed by atoms with Gasteiger partial charge in [-0.3, -0.25) is 4.79 Å². The van der Waals surface area contributed by atoms with Crippen molar-refractivity contribution in [2.45, 2.75) is 12.7 Å². The SMILES string of the molecule is CC(=O)c1ccc(CS(=O)(=O)Cl)cc1. The number of Topliss-reactive ketones (excluding diaryl/α,β-unsaturated/α-hetero) is 1. The first-order valence-electron chi connectivity index (χ1n) is 3.91. The van der Waals surface area contributed by atoms with E-state index in [9.17, 15) is 13.2 Å². The predicted molar refractivity (Wildman–Crippen MR) is 54.9 cm³/mol. The minimum atomic E-state index is -3.52. The molecule has 0 unspecified atom stereocenters. The van der Waals surface area contributed by atoms with Gasteiger partial charge in [0.05, 0.1) is 5.75 Å². The number of ketones is 1. The van der Waals surface area contributed by atoms with Crippen molar-refractivity contribution in [2.24, 2.45) is 0 Å². The lowest BCUT2D eigenvalue weighted by atomic mass is 10.1. The van der Waals surface area contributed by atoms with E-state index in [-0.39, 0.29) is 11.5 Å². The molecule has 0 radical (unpaired) electrons. The summed E-state index contributed by atoms with van der Waals surface area (Å²) in [4.78, 5) is 10.9. The molecule has 0 fully saturated rings. The molecule has 1 rings (SSSR count). The zero-order chi connectivity index (χ0) is 10.8. The van der Waals surface area contributed by atoms with Crippen LogP contribution >= 0.6 is 10.7 Å². The van der Waals surface area contributed by atoms with E-state index < -0.39 is 9.05 Å². The van der Waals surface area contributed by atoms with Crippen molar-refractivity contribution in [2.75, 3.05) is 0 Å². The summed E-state index contributed by atoms with van der Waals surface area (Å²) in [5, 5.41) is 0. The van der Waals surface area contributed by atoms with Gasteiger partial charge in [0, 0.05) is 16.2 Å². The molecule has 0 aliphatic heterocycles. The fourth-order valence-corrected chi connectivity index (χ4v) is 2.00. The van der Waals surface area contributed by atoms with E-state index >= 15 is 0 Å². The summed E-state index contributed by atoms with van der Waals surface area (Å²) in [7, 11) is 1.55. The molecule has 0 N–H and O–H groups in total. The van der Waals surface area contributed by atoms with Crippen LogP contribution in [0.4, 0.5) is 0 Å². The van der Waals surface area contributed by atoms with Gasteiger partial charge in [-0.1, -0.05) is 24.3 Å². The minimum absolute atomic E-state index is 0.0507. The van der Waals surface area contributed by atoms with Crippen LogP contribution in [0.15, 0.2) is 24.3 Å². The maximum atomic E-state index is 10.9.